The van der Waals surface area contributed by atoms with Crippen LogP contribution in [-0.4, -0.2) is 146 Å². The lowest BCUT2D eigenvalue weighted by atomic mass is 9.88. The third kappa shape index (κ3) is 16.0. The Morgan fingerprint density at radius 2 is 1.39 bits per heavy atom. The Labute approximate surface area is 494 Å². The van der Waals surface area contributed by atoms with E-state index in [2.05, 4.69) is 48.4 Å². The van der Waals surface area contributed by atoms with E-state index in [0.29, 0.717) is 83.7 Å². The number of benzene rings is 3. The smallest absolute Gasteiger partial charge is 0.325 e. The van der Waals surface area contributed by atoms with E-state index in [4.69, 9.17) is 20.6 Å². The number of amides is 6. The molecule has 3 aliphatic heterocycles. The van der Waals surface area contributed by atoms with Crippen LogP contribution >= 0.6 is 0 Å². The molecule has 85 heavy (non-hydrogen) atoms. The van der Waals surface area contributed by atoms with Gasteiger partial charge in [-0.25, -0.2) is 14.4 Å². The van der Waals surface area contributed by atoms with E-state index in [9.17, 15) is 33.6 Å². The number of aromatic nitrogens is 6. The van der Waals surface area contributed by atoms with E-state index < -0.39 is 29.5 Å². The van der Waals surface area contributed by atoms with Crippen LogP contribution in [-0.2, 0) is 47.1 Å². The number of esters is 1. The molecule has 0 aliphatic carbocycles. The van der Waals surface area contributed by atoms with E-state index in [0.717, 1.165) is 101 Å². The topological polar surface area (TPSA) is 274 Å². The number of hydrogen-bond donors (Lipinski definition) is 5. The molecule has 6 aromatic rings. The van der Waals surface area contributed by atoms with Crippen LogP contribution in [0.3, 0.4) is 0 Å². The number of ether oxygens (including phenoxy) is 1. The van der Waals surface area contributed by atoms with Crippen LogP contribution in [0.5, 0.6) is 0 Å². The van der Waals surface area contributed by atoms with Gasteiger partial charge in [-0.1, -0.05) is 43.5 Å². The second-order valence-corrected chi connectivity index (χ2v) is 22.8. The largest absolute Gasteiger partial charge is 0.462 e. The molecule has 3 aliphatic rings. The quantitative estimate of drug-likeness (QED) is 0.0289. The monoisotopic (exact) mass is 1170 g/mol. The average molecular weight is 1170 g/mol. The van der Waals surface area contributed by atoms with Crippen molar-refractivity contribution >= 4 is 80.5 Å². The number of carbonyl (C=O) groups excluding carboxylic acids is 7. The normalized spacial score (nSPS) is 15.1. The van der Waals surface area contributed by atoms with Crippen molar-refractivity contribution in [3.63, 3.8) is 0 Å². The van der Waals surface area contributed by atoms with Crippen molar-refractivity contribution in [3.8, 4) is 11.1 Å². The second-order valence-electron chi connectivity index (χ2n) is 22.8. The van der Waals surface area contributed by atoms with Crippen molar-refractivity contribution in [2.75, 3.05) is 69.1 Å². The number of likely N-dealkylation sites (tertiary alicyclic amines) is 2. The number of nitrogens with two attached hydrogens (primary N) is 1. The zero-order valence-corrected chi connectivity index (χ0v) is 49.0. The van der Waals surface area contributed by atoms with Crippen LogP contribution in [0.15, 0.2) is 67.0 Å². The minimum atomic E-state index is -0.639. The lowest BCUT2D eigenvalue weighted by molar-refractivity contribution is -0.147. The summed E-state index contributed by atoms with van der Waals surface area (Å²) in [5.41, 5.74) is 10.7. The number of nitrogens with zero attached hydrogens (tertiary/aromatic N) is 9. The number of piperidine rings is 3. The Balaban J connectivity index is 0.672. The SMILES string of the molecule is CC(C)OC(=O)CNC(=O)CNC(=O)Cn1nc(C2CCN(C(=O)CCC(=O)NCCCCCCCC(=O)N3CCC(c4ccc(Nc5nc(N6CCCCC6)cnc5C(N)=O)cc4)CC3)CC2)c2c(-c3cc4c(cnn4C)cc3F)cccc21. The molecule has 0 saturated carbocycles. The molecule has 22 nitrogen and oxygen atoms in total. The molecule has 0 bridgehead atoms. The van der Waals surface area contributed by atoms with Gasteiger partial charge in [-0.15, -0.1) is 0 Å². The van der Waals surface area contributed by atoms with Gasteiger partial charge >= 0.3 is 5.97 Å². The highest BCUT2D eigenvalue weighted by Crippen LogP contribution is 2.40. The lowest BCUT2D eigenvalue weighted by Gasteiger charge is -2.32. The first-order chi connectivity index (χ1) is 41.1. The van der Waals surface area contributed by atoms with Crippen molar-refractivity contribution in [2.24, 2.45) is 12.8 Å². The van der Waals surface area contributed by atoms with Gasteiger partial charge in [0.2, 0.25) is 29.5 Å². The Morgan fingerprint density at radius 3 is 2.11 bits per heavy atom. The summed E-state index contributed by atoms with van der Waals surface area (Å²) in [6.07, 6.45) is 14.2. The summed E-state index contributed by atoms with van der Waals surface area (Å²) in [5.74, 6) is -1.58. The van der Waals surface area contributed by atoms with Gasteiger partial charge in [0, 0.05) is 100 Å². The van der Waals surface area contributed by atoms with E-state index in [1.807, 2.05) is 29.2 Å². The third-order valence-corrected chi connectivity index (χ3v) is 16.3. The third-order valence-electron chi connectivity index (χ3n) is 16.3. The number of carbonyl (C=O) groups is 7. The first kappa shape index (κ1) is 61.1. The highest BCUT2D eigenvalue weighted by atomic mass is 19.1. The number of hydrogen-bond acceptors (Lipinski definition) is 14. The van der Waals surface area contributed by atoms with Crippen LogP contribution in [0.25, 0.3) is 32.9 Å². The maximum absolute atomic E-state index is 16.0. The van der Waals surface area contributed by atoms with Crippen molar-refractivity contribution in [1.29, 1.82) is 0 Å². The Bertz CT molecular complexity index is 3360. The van der Waals surface area contributed by atoms with Crippen LogP contribution in [0.4, 0.5) is 21.7 Å². The Kier molecular flexibility index (Phi) is 20.7. The van der Waals surface area contributed by atoms with Crippen LogP contribution in [0, 0.1) is 5.82 Å². The number of rotatable bonds is 25. The summed E-state index contributed by atoms with van der Waals surface area (Å²) in [4.78, 5) is 104. The number of primary amides is 1. The van der Waals surface area contributed by atoms with Gasteiger partial charge in [-0.3, -0.25) is 42.9 Å². The predicted octanol–water partition coefficient (Wildman–Crippen LogP) is 6.89. The number of aryl methyl sites for hydroxylation is 1. The Hall–Kier alpha value is -8.50. The second kappa shape index (κ2) is 28.9. The molecule has 9 rings (SSSR count). The number of nitrogens with one attached hydrogen (secondary N) is 4. The van der Waals surface area contributed by atoms with Gasteiger partial charge < -0.3 is 46.4 Å². The zero-order chi connectivity index (χ0) is 60.0. The molecule has 23 heteroatoms. The summed E-state index contributed by atoms with van der Waals surface area (Å²) < 4.78 is 24.3. The summed E-state index contributed by atoms with van der Waals surface area (Å²) in [5, 5.41) is 21.8. The molecule has 6 heterocycles. The van der Waals surface area contributed by atoms with Gasteiger partial charge in [-0.05, 0) is 119 Å². The molecular formula is C62H79FN14O8. The number of halogens is 1. The van der Waals surface area contributed by atoms with E-state index in [-0.39, 0.29) is 67.9 Å². The summed E-state index contributed by atoms with van der Waals surface area (Å²) in [6, 6.07) is 16.8. The van der Waals surface area contributed by atoms with Crippen LogP contribution < -0.4 is 31.9 Å². The first-order valence-corrected chi connectivity index (χ1v) is 30.0. The highest BCUT2D eigenvalue weighted by molar-refractivity contribution is 6.00. The zero-order valence-electron chi connectivity index (χ0n) is 49.0. The Morgan fingerprint density at radius 1 is 0.706 bits per heavy atom. The van der Waals surface area contributed by atoms with E-state index in [1.165, 1.54) is 18.1 Å². The number of unbranched alkanes of at least 4 members (excludes halogenated alkanes) is 4. The molecule has 6 amide bonds. The van der Waals surface area contributed by atoms with Gasteiger partial charge in [0.15, 0.2) is 11.5 Å². The summed E-state index contributed by atoms with van der Waals surface area (Å²) >= 11 is 0. The molecule has 3 aromatic carbocycles. The first-order valence-electron chi connectivity index (χ1n) is 30.0. The van der Waals surface area contributed by atoms with Gasteiger partial charge in [0.1, 0.15) is 24.7 Å². The fraction of sp³-hybridized carbons (Fsp3) is 0.500. The van der Waals surface area contributed by atoms with Crippen LogP contribution in [0.1, 0.15) is 144 Å². The lowest BCUT2D eigenvalue weighted by Crippen LogP contribution is -2.40. The fourth-order valence-corrected chi connectivity index (χ4v) is 11.7. The van der Waals surface area contributed by atoms with E-state index >= 15 is 4.39 Å². The molecule has 6 N–H and O–H groups in total. The minimum absolute atomic E-state index is 0.0756. The maximum atomic E-state index is 16.0. The van der Waals surface area contributed by atoms with Crippen molar-refractivity contribution < 1.29 is 42.7 Å². The van der Waals surface area contributed by atoms with Crippen LogP contribution in [0.2, 0.25) is 0 Å². The highest BCUT2D eigenvalue weighted by Gasteiger charge is 2.31. The average Bonchev–Trinajstić information content (AvgIpc) is 2.64. The molecular weight excluding hydrogens is 1090 g/mol. The fourth-order valence-electron chi connectivity index (χ4n) is 11.7. The summed E-state index contributed by atoms with van der Waals surface area (Å²) in [7, 11) is 1.79. The predicted molar refractivity (Wildman–Crippen MR) is 320 cm³/mol. The standard InChI is InChI=1S/C62H79FN14O8/c1-40(2)85-57(83)38-67-53(79)37-66-54(80)39-77-49-14-12-13-46(47-34-50-44(33-48(47)63)35-69-73(50)3)58(49)59(72-77)43-24-31-76(32-25-43)56(82)21-20-52(78)65-26-9-6-4-5-8-15-55(81)75-29-22-42(23-30-75)41-16-18-45(19-17-41)70-62-60(61(64)84)68-36-51(71-62)74-27-10-7-11-28-74/h12-14,16-19,33-36,40,42-43H,4-11,15,20-32,37-39H2,1-3H3,(H2,64,84)(H,65,78)(H,66,80)(H,67,79)(H,70,71). The molecule has 452 valence electrons. The molecule has 3 aromatic heterocycles. The minimum Gasteiger partial charge on any atom is -0.462 e. The molecule has 0 radical (unpaired) electrons. The molecule has 0 unspecified atom stereocenters. The van der Waals surface area contributed by atoms with Crippen molar-refractivity contribution in [1.82, 2.24) is 55.3 Å². The van der Waals surface area contributed by atoms with Crippen molar-refractivity contribution in [3.05, 3.63) is 89.8 Å². The maximum Gasteiger partial charge on any atom is 0.325 e. The molecule has 3 fully saturated rings. The molecule has 3 saturated heterocycles. The van der Waals surface area contributed by atoms with Gasteiger partial charge in [-0.2, -0.15) is 10.2 Å². The molecule has 0 spiro atoms. The summed E-state index contributed by atoms with van der Waals surface area (Å²) in [6.45, 7) is 7.05. The number of fused-ring (bicyclic) bond motifs is 2. The number of anilines is 3. The van der Waals surface area contributed by atoms with Gasteiger partial charge in [0.25, 0.3) is 5.91 Å². The van der Waals surface area contributed by atoms with E-state index in [1.54, 1.807) is 59.7 Å². The van der Waals surface area contributed by atoms with Gasteiger partial charge in [0.05, 0.1) is 41.8 Å². The molecule has 0 atom stereocenters. The van der Waals surface area contributed by atoms with Crippen molar-refractivity contribution in [2.45, 2.75) is 135 Å².